The van der Waals surface area contributed by atoms with Crippen molar-refractivity contribution in [3.8, 4) is 5.75 Å². The van der Waals surface area contributed by atoms with Gasteiger partial charge >= 0.3 is 0 Å². The lowest BCUT2D eigenvalue weighted by molar-refractivity contribution is 0.297. The first kappa shape index (κ1) is 17.7. The van der Waals surface area contributed by atoms with E-state index in [0.29, 0.717) is 0 Å². The molecule has 3 nitrogen and oxygen atoms in total. The molecule has 0 unspecified atom stereocenters. The summed E-state index contributed by atoms with van der Waals surface area (Å²) in [4.78, 5) is 6.97. The molecule has 0 aliphatic heterocycles. The number of rotatable bonds is 11. The minimum absolute atomic E-state index is 0.823. The number of aromatic nitrogens is 1. The Kier molecular flexibility index (Phi) is 9.97. The van der Waals surface area contributed by atoms with Gasteiger partial charge in [-0.1, -0.05) is 13.8 Å². The summed E-state index contributed by atoms with van der Waals surface area (Å²) in [7, 11) is 1.67. The number of methoxy groups -OCH3 is 1. The molecule has 5 heteroatoms. The number of hydrogen-bond acceptors (Lipinski definition) is 5. The minimum atomic E-state index is 0.823. The van der Waals surface area contributed by atoms with E-state index in [2.05, 4.69) is 29.8 Å². The van der Waals surface area contributed by atoms with Crippen LogP contribution in [0.15, 0.2) is 18.3 Å². The molecule has 0 bridgehead atoms. The molecule has 0 radical (unpaired) electrons. The van der Waals surface area contributed by atoms with Gasteiger partial charge in [0.15, 0.2) is 0 Å². The van der Waals surface area contributed by atoms with Gasteiger partial charge in [-0.15, -0.1) is 0 Å². The van der Waals surface area contributed by atoms with Crippen molar-refractivity contribution >= 4 is 23.5 Å². The van der Waals surface area contributed by atoms with Crippen LogP contribution in [-0.4, -0.2) is 53.1 Å². The van der Waals surface area contributed by atoms with Crippen LogP contribution in [0.25, 0.3) is 0 Å². The zero-order valence-corrected chi connectivity index (χ0v) is 14.4. The third-order valence-corrected chi connectivity index (χ3v) is 4.69. The number of hydrogen-bond donors (Lipinski definition) is 0. The molecule has 0 atom stereocenters. The summed E-state index contributed by atoms with van der Waals surface area (Å²) >= 11 is 4.01. The predicted octanol–water partition coefficient (Wildman–Crippen LogP) is 3.40. The van der Waals surface area contributed by atoms with Gasteiger partial charge in [0.1, 0.15) is 5.75 Å². The predicted molar refractivity (Wildman–Crippen MR) is 92.1 cm³/mol. The van der Waals surface area contributed by atoms with E-state index in [0.717, 1.165) is 31.1 Å². The van der Waals surface area contributed by atoms with Crippen LogP contribution in [0.2, 0.25) is 0 Å². The topological polar surface area (TPSA) is 25.4 Å². The summed E-state index contributed by atoms with van der Waals surface area (Å²) in [5, 5.41) is 0. The Balaban J connectivity index is 2.47. The second-order valence-electron chi connectivity index (χ2n) is 4.36. The van der Waals surface area contributed by atoms with Crippen LogP contribution in [0, 0.1) is 0 Å². The Morgan fingerprint density at radius 1 is 1.10 bits per heavy atom. The lowest BCUT2D eigenvalue weighted by atomic mass is 10.3. The molecular formula is C15H26N2OS2. The maximum absolute atomic E-state index is 5.15. The van der Waals surface area contributed by atoms with Crippen LogP contribution in [-0.2, 0) is 6.54 Å². The van der Waals surface area contributed by atoms with E-state index >= 15 is 0 Å². The van der Waals surface area contributed by atoms with Gasteiger partial charge in [0.05, 0.1) is 19.0 Å². The van der Waals surface area contributed by atoms with Gasteiger partial charge in [-0.2, -0.15) is 23.5 Å². The van der Waals surface area contributed by atoms with Crippen LogP contribution in [0.3, 0.4) is 0 Å². The summed E-state index contributed by atoms with van der Waals surface area (Å²) in [6.45, 7) is 7.63. The first-order valence-electron chi connectivity index (χ1n) is 7.16. The van der Waals surface area contributed by atoms with Crippen molar-refractivity contribution in [2.45, 2.75) is 20.4 Å². The van der Waals surface area contributed by atoms with Gasteiger partial charge in [0.2, 0.25) is 0 Å². The molecule has 0 spiro atoms. The largest absolute Gasteiger partial charge is 0.495 e. The van der Waals surface area contributed by atoms with Crippen molar-refractivity contribution in [3.05, 3.63) is 24.0 Å². The highest BCUT2D eigenvalue weighted by molar-refractivity contribution is 7.99. The fourth-order valence-corrected chi connectivity index (χ4v) is 3.15. The number of nitrogens with zero attached hydrogens (tertiary/aromatic N) is 2. The monoisotopic (exact) mass is 314 g/mol. The molecule has 1 rings (SSSR count). The van der Waals surface area contributed by atoms with Crippen LogP contribution in [0.4, 0.5) is 0 Å². The molecule has 1 aromatic rings. The molecule has 20 heavy (non-hydrogen) atoms. The molecule has 0 saturated heterocycles. The lowest BCUT2D eigenvalue weighted by Gasteiger charge is -2.21. The molecule has 0 aliphatic carbocycles. The van der Waals surface area contributed by atoms with Crippen molar-refractivity contribution in [2.75, 3.05) is 43.2 Å². The maximum Gasteiger partial charge on any atom is 0.137 e. The van der Waals surface area contributed by atoms with E-state index in [1.54, 1.807) is 13.3 Å². The Morgan fingerprint density at radius 2 is 1.75 bits per heavy atom. The first-order valence-corrected chi connectivity index (χ1v) is 9.47. The lowest BCUT2D eigenvalue weighted by Crippen LogP contribution is -2.28. The Bertz CT molecular complexity index is 336. The number of pyridine rings is 1. The van der Waals surface area contributed by atoms with Crippen molar-refractivity contribution in [3.63, 3.8) is 0 Å². The van der Waals surface area contributed by atoms with Crippen molar-refractivity contribution in [1.29, 1.82) is 0 Å². The van der Waals surface area contributed by atoms with E-state index in [-0.39, 0.29) is 0 Å². The standard InChI is InChI=1S/C15H26N2OS2/c1-4-19-10-8-17(9-11-20-5-2)13-14-6-7-15(18-3)12-16-14/h6-7,12H,4-5,8-11,13H2,1-3H3. The molecule has 0 fully saturated rings. The molecule has 0 aromatic carbocycles. The van der Waals surface area contributed by atoms with Crippen molar-refractivity contribution in [2.24, 2.45) is 0 Å². The molecule has 114 valence electrons. The maximum atomic E-state index is 5.15. The average molecular weight is 315 g/mol. The van der Waals surface area contributed by atoms with Crippen molar-refractivity contribution < 1.29 is 4.74 Å². The number of ether oxygens (including phenoxy) is 1. The van der Waals surface area contributed by atoms with E-state index < -0.39 is 0 Å². The molecule has 0 N–H and O–H groups in total. The minimum Gasteiger partial charge on any atom is -0.495 e. The van der Waals surface area contributed by atoms with Gasteiger partial charge in [0, 0.05) is 31.1 Å². The molecule has 0 amide bonds. The quantitative estimate of drug-likeness (QED) is 0.583. The van der Waals surface area contributed by atoms with Crippen LogP contribution < -0.4 is 4.74 Å². The van der Waals surface area contributed by atoms with Crippen LogP contribution in [0.1, 0.15) is 19.5 Å². The molecule has 1 aromatic heterocycles. The highest BCUT2D eigenvalue weighted by Gasteiger charge is 2.07. The van der Waals surface area contributed by atoms with Gasteiger partial charge in [-0.25, -0.2) is 0 Å². The van der Waals surface area contributed by atoms with Crippen LogP contribution in [0.5, 0.6) is 5.75 Å². The zero-order valence-electron chi connectivity index (χ0n) is 12.8. The van der Waals surface area contributed by atoms with Gasteiger partial charge in [-0.3, -0.25) is 9.88 Å². The van der Waals surface area contributed by atoms with E-state index in [9.17, 15) is 0 Å². The summed E-state index contributed by atoms with van der Waals surface area (Å²) < 4.78 is 5.15. The Labute approximate surface area is 131 Å². The molecule has 0 saturated carbocycles. The van der Waals surface area contributed by atoms with Crippen molar-refractivity contribution in [1.82, 2.24) is 9.88 Å². The fourth-order valence-electron chi connectivity index (χ4n) is 1.80. The van der Waals surface area contributed by atoms with E-state index in [1.165, 1.54) is 23.0 Å². The highest BCUT2D eigenvalue weighted by atomic mass is 32.2. The zero-order chi connectivity index (χ0) is 14.6. The smallest absolute Gasteiger partial charge is 0.137 e. The summed E-state index contributed by atoms with van der Waals surface area (Å²) in [6.07, 6.45) is 1.80. The third-order valence-electron chi connectivity index (χ3n) is 2.93. The molecule has 1 heterocycles. The third kappa shape index (κ3) is 7.41. The number of thioether (sulfide) groups is 2. The second kappa shape index (κ2) is 11.3. The second-order valence-corrected chi connectivity index (χ2v) is 7.15. The van der Waals surface area contributed by atoms with E-state index in [1.807, 2.05) is 29.6 Å². The molecular weight excluding hydrogens is 288 g/mol. The normalized spacial score (nSPS) is 11.0. The first-order chi connectivity index (χ1) is 9.80. The summed E-state index contributed by atoms with van der Waals surface area (Å²) in [5.41, 5.74) is 1.12. The SMILES string of the molecule is CCSCCN(CCSCC)Cc1ccc(OC)cn1. The highest BCUT2D eigenvalue weighted by Crippen LogP contribution is 2.11. The van der Waals surface area contributed by atoms with Gasteiger partial charge < -0.3 is 4.74 Å². The van der Waals surface area contributed by atoms with Gasteiger partial charge in [-0.05, 0) is 23.6 Å². The summed E-state index contributed by atoms with van der Waals surface area (Å²) in [5.74, 6) is 5.60. The Morgan fingerprint density at radius 3 is 2.20 bits per heavy atom. The fraction of sp³-hybridized carbons (Fsp3) is 0.667. The van der Waals surface area contributed by atoms with Gasteiger partial charge in [0.25, 0.3) is 0 Å². The average Bonchev–Trinajstić information content (AvgIpc) is 2.48. The molecule has 0 aliphatic rings. The van der Waals surface area contributed by atoms with E-state index in [4.69, 9.17) is 4.74 Å². The Hall–Kier alpha value is -0.390. The summed E-state index contributed by atoms with van der Waals surface area (Å²) in [6, 6.07) is 4.05. The van der Waals surface area contributed by atoms with Crippen LogP contribution >= 0.6 is 23.5 Å².